The van der Waals surface area contributed by atoms with E-state index in [1.54, 1.807) is 7.11 Å². The van der Waals surface area contributed by atoms with E-state index in [2.05, 4.69) is 16.3 Å². The molecule has 2 aliphatic heterocycles. The Bertz CT molecular complexity index is 826. The fourth-order valence-corrected chi connectivity index (χ4v) is 4.32. The lowest BCUT2D eigenvalue weighted by molar-refractivity contribution is 0.113. The number of hydrogen-bond donors (Lipinski definition) is 1. The van der Waals surface area contributed by atoms with Crippen molar-refractivity contribution in [3.8, 4) is 11.5 Å². The van der Waals surface area contributed by atoms with Gasteiger partial charge in [0.1, 0.15) is 18.2 Å². The van der Waals surface area contributed by atoms with Crippen LogP contribution in [0.15, 0.2) is 24.3 Å². The number of ether oxygens (including phenoxy) is 2. The Morgan fingerprint density at radius 1 is 1.08 bits per heavy atom. The highest BCUT2D eigenvalue weighted by atomic mass is 35.5. The monoisotopic (exact) mass is 392 g/mol. The van der Waals surface area contributed by atoms with Gasteiger partial charge in [0.25, 0.3) is 0 Å². The molecular formula is C20H22Cl2N2O2. The first-order valence-corrected chi connectivity index (χ1v) is 9.62. The number of nitrogens with zero attached hydrogens (tertiary/aromatic N) is 1. The Morgan fingerprint density at radius 3 is 2.81 bits per heavy atom. The summed E-state index contributed by atoms with van der Waals surface area (Å²) < 4.78 is 11.5. The van der Waals surface area contributed by atoms with Gasteiger partial charge in [0, 0.05) is 29.7 Å². The van der Waals surface area contributed by atoms with Crippen LogP contribution in [0.4, 0.5) is 0 Å². The van der Waals surface area contributed by atoms with Crippen LogP contribution in [0.5, 0.6) is 11.5 Å². The molecule has 0 aromatic heterocycles. The smallest absolute Gasteiger partial charge is 0.142 e. The number of halogens is 2. The largest absolute Gasteiger partial charge is 0.496 e. The van der Waals surface area contributed by atoms with Crippen LogP contribution >= 0.6 is 23.2 Å². The summed E-state index contributed by atoms with van der Waals surface area (Å²) in [4.78, 5) is 2.27. The molecule has 26 heavy (non-hydrogen) atoms. The fourth-order valence-electron chi connectivity index (χ4n) is 3.76. The zero-order valence-corrected chi connectivity index (χ0v) is 16.3. The SMILES string of the molecule is COc1cc(Cl)cc2c1CCN(COc1cc(Cl)c3c(c1)CNCC3)C2. The van der Waals surface area contributed by atoms with Crippen LogP contribution in [0.2, 0.25) is 10.0 Å². The van der Waals surface area contributed by atoms with Gasteiger partial charge in [-0.1, -0.05) is 23.2 Å². The Kier molecular flexibility index (Phi) is 5.28. The summed E-state index contributed by atoms with van der Waals surface area (Å²) in [5.41, 5.74) is 4.93. The molecule has 2 heterocycles. The molecule has 0 unspecified atom stereocenters. The second kappa shape index (κ2) is 7.65. The van der Waals surface area contributed by atoms with E-state index in [-0.39, 0.29) is 0 Å². The molecule has 0 saturated carbocycles. The van der Waals surface area contributed by atoms with Crippen molar-refractivity contribution in [2.24, 2.45) is 0 Å². The number of benzene rings is 2. The highest BCUT2D eigenvalue weighted by molar-refractivity contribution is 6.31. The molecule has 4 nitrogen and oxygen atoms in total. The van der Waals surface area contributed by atoms with Crippen molar-refractivity contribution in [3.05, 3.63) is 56.6 Å². The summed E-state index contributed by atoms with van der Waals surface area (Å²) in [6, 6.07) is 7.94. The van der Waals surface area contributed by atoms with Crippen LogP contribution in [-0.4, -0.2) is 31.8 Å². The van der Waals surface area contributed by atoms with Crippen molar-refractivity contribution < 1.29 is 9.47 Å². The van der Waals surface area contributed by atoms with Crippen LogP contribution < -0.4 is 14.8 Å². The zero-order valence-electron chi connectivity index (χ0n) is 14.8. The van der Waals surface area contributed by atoms with E-state index in [4.69, 9.17) is 32.7 Å². The topological polar surface area (TPSA) is 33.7 Å². The van der Waals surface area contributed by atoms with Gasteiger partial charge in [-0.3, -0.25) is 4.90 Å². The fraction of sp³-hybridized carbons (Fsp3) is 0.400. The Hall–Kier alpha value is -1.46. The van der Waals surface area contributed by atoms with E-state index in [0.717, 1.165) is 55.5 Å². The molecule has 0 saturated heterocycles. The standard InChI is InChI=1S/C20H22Cl2N2O2/c1-25-20-8-15(21)6-14-11-24(5-3-18(14)20)12-26-16-7-13-10-23-4-2-17(13)19(22)9-16/h6-9,23H,2-5,10-12H2,1H3. The summed E-state index contributed by atoms with van der Waals surface area (Å²) in [7, 11) is 1.69. The number of nitrogens with one attached hydrogen (secondary N) is 1. The zero-order chi connectivity index (χ0) is 18.1. The minimum Gasteiger partial charge on any atom is -0.496 e. The second-order valence-corrected chi connectivity index (χ2v) is 7.63. The van der Waals surface area contributed by atoms with Gasteiger partial charge in [-0.05, 0) is 65.9 Å². The lowest BCUT2D eigenvalue weighted by atomic mass is 9.99. The molecule has 2 aliphatic rings. The van der Waals surface area contributed by atoms with Crippen LogP contribution in [0.25, 0.3) is 0 Å². The first-order chi connectivity index (χ1) is 12.6. The number of fused-ring (bicyclic) bond motifs is 2. The van der Waals surface area contributed by atoms with Crippen LogP contribution in [0.3, 0.4) is 0 Å². The van der Waals surface area contributed by atoms with Gasteiger partial charge in [0.05, 0.1) is 7.11 Å². The van der Waals surface area contributed by atoms with Crippen molar-refractivity contribution in [3.63, 3.8) is 0 Å². The molecule has 0 fully saturated rings. The Balaban J connectivity index is 1.45. The molecule has 1 N–H and O–H groups in total. The van der Waals surface area contributed by atoms with Crippen molar-refractivity contribution in [1.82, 2.24) is 10.2 Å². The maximum absolute atomic E-state index is 6.44. The third-order valence-corrected chi connectivity index (χ3v) is 5.66. The minimum atomic E-state index is 0.525. The molecule has 0 amide bonds. The average Bonchev–Trinajstić information content (AvgIpc) is 2.65. The average molecular weight is 393 g/mol. The minimum absolute atomic E-state index is 0.525. The summed E-state index contributed by atoms with van der Waals surface area (Å²) >= 11 is 12.7. The second-order valence-electron chi connectivity index (χ2n) is 6.79. The van der Waals surface area contributed by atoms with E-state index < -0.39 is 0 Å². The maximum atomic E-state index is 6.44. The summed E-state index contributed by atoms with van der Waals surface area (Å²) in [5.74, 6) is 1.70. The molecule has 4 rings (SSSR count). The van der Waals surface area contributed by atoms with E-state index in [0.29, 0.717) is 11.8 Å². The van der Waals surface area contributed by atoms with Gasteiger partial charge in [-0.2, -0.15) is 0 Å². The maximum Gasteiger partial charge on any atom is 0.142 e. The number of hydrogen-bond acceptors (Lipinski definition) is 4. The number of rotatable bonds is 4. The quantitative estimate of drug-likeness (QED) is 0.850. The van der Waals surface area contributed by atoms with Crippen molar-refractivity contribution in [2.45, 2.75) is 25.9 Å². The third kappa shape index (κ3) is 3.65. The molecule has 6 heteroatoms. The lowest BCUT2D eigenvalue weighted by Gasteiger charge is -2.30. The lowest BCUT2D eigenvalue weighted by Crippen LogP contribution is -2.34. The normalized spacial score (nSPS) is 16.7. The van der Waals surface area contributed by atoms with Gasteiger partial charge < -0.3 is 14.8 Å². The van der Waals surface area contributed by atoms with E-state index in [1.165, 1.54) is 22.3 Å². The highest BCUT2D eigenvalue weighted by Gasteiger charge is 2.21. The predicted octanol–water partition coefficient (Wildman–Crippen LogP) is 4.04. The molecule has 0 aliphatic carbocycles. The Labute approximate surface area is 164 Å². The van der Waals surface area contributed by atoms with Crippen LogP contribution in [0, 0.1) is 0 Å². The Morgan fingerprint density at radius 2 is 1.96 bits per heavy atom. The molecule has 0 spiro atoms. The molecule has 2 aromatic rings. The summed E-state index contributed by atoms with van der Waals surface area (Å²) in [6.45, 7) is 4.07. The molecule has 2 aromatic carbocycles. The van der Waals surface area contributed by atoms with Gasteiger partial charge in [0.2, 0.25) is 0 Å². The molecular weight excluding hydrogens is 371 g/mol. The van der Waals surface area contributed by atoms with Gasteiger partial charge >= 0.3 is 0 Å². The summed E-state index contributed by atoms with van der Waals surface area (Å²) in [5, 5.41) is 4.89. The van der Waals surface area contributed by atoms with Gasteiger partial charge in [0.15, 0.2) is 0 Å². The molecule has 0 radical (unpaired) electrons. The molecule has 0 atom stereocenters. The highest BCUT2D eigenvalue weighted by Crippen LogP contribution is 2.32. The third-order valence-electron chi connectivity index (χ3n) is 5.10. The molecule has 0 bridgehead atoms. The van der Waals surface area contributed by atoms with Crippen LogP contribution in [0.1, 0.15) is 22.3 Å². The van der Waals surface area contributed by atoms with Gasteiger partial charge in [-0.15, -0.1) is 0 Å². The van der Waals surface area contributed by atoms with Crippen molar-refractivity contribution >= 4 is 23.2 Å². The van der Waals surface area contributed by atoms with Crippen molar-refractivity contribution in [1.29, 1.82) is 0 Å². The predicted molar refractivity (Wildman–Crippen MR) is 104 cm³/mol. The summed E-state index contributed by atoms with van der Waals surface area (Å²) in [6.07, 6.45) is 1.90. The molecule has 138 valence electrons. The van der Waals surface area contributed by atoms with Gasteiger partial charge in [-0.25, -0.2) is 0 Å². The first kappa shape index (κ1) is 17.9. The van der Waals surface area contributed by atoms with Crippen molar-refractivity contribution in [2.75, 3.05) is 26.9 Å². The number of methoxy groups -OCH3 is 1. The van der Waals surface area contributed by atoms with E-state index in [9.17, 15) is 0 Å². The first-order valence-electron chi connectivity index (χ1n) is 8.86. The van der Waals surface area contributed by atoms with E-state index in [1.807, 2.05) is 18.2 Å². The van der Waals surface area contributed by atoms with E-state index >= 15 is 0 Å². The van der Waals surface area contributed by atoms with Crippen LogP contribution in [-0.2, 0) is 25.9 Å².